The van der Waals surface area contributed by atoms with Crippen LogP contribution in [0, 0.1) is 6.92 Å². The lowest BCUT2D eigenvalue weighted by Crippen LogP contribution is -2.35. The van der Waals surface area contributed by atoms with Gasteiger partial charge < -0.3 is 9.55 Å². The Kier molecular flexibility index (Phi) is 2.46. The van der Waals surface area contributed by atoms with Crippen molar-refractivity contribution in [3.8, 4) is 0 Å². The molecule has 16 heavy (non-hydrogen) atoms. The minimum Gasteiger partial charge on any atom is -0.342 e. The summed E-state index contributed by atoms with van der Waals surface area (Å²) >= 11 is 0. The highest BCUT2D eigenvalue weighted by molar-refractivity contribution is 5.75. The lowest BCUT2D eigenvalue weighted by molar-refractivity contribution is 0.620. The van der Waals surface area contributed by atoms with Gasteiger partial charge in [0.1, 0.15) is 5.52 Å². The summed E-state index contributed by atoms with van der Waals surface area (Å²) in [7, 11) is 1.83. The number of aryl methyl sites for hydroxylation is 2. The van der Waals surface area contributed by atoms with E-state index in [-0.39, 0.29) is 11.2 Å². The summed E-state index contributed by atoms with van der Waals surface area (Å²) in [5.41, 5.74) is 1.59. The fourth-order valence-electron chi connectivity index (χ4n) is 1.91. The number of aromatic nitrogens is 3. The molecule has 0 saturated carbocycles. The molecule has 5 nitrogen and oxygen atoms in total. The first-order valence-corrected chi connectivity index (χ1v) is 5.35. The van der Waals surface area contributed by atoms with E-state index in [2.05, 4.69) is 4.98 Å². The Morgan fingerprint density at radius 2 is 2.06 bits per heavy atom. The van der Waals surface area contributed by atoms with Crippen LogP contribution in [0.2, 0.25) is 0 Å². The van der Waals surface area contributed by atoms with Gasteiger partial charge in [0.15, 0.2) is 0 Å². The van der Waals surface area contributed by atoms with Crippen LogP contribution in [0.4, 0.5) is 0 Å². The van der Waals surface area contributed by atoms with E-state index in [1.165, 1.54) is 4.57 Å². The van der Waals surface area contributed by atoms with E-state index in [0.29, 0.717) is 17.6 Å². The smallest absolute Gasteiger partial charge is 0.328 e. The minimum absolute atomic E-state index is 0.212. The normalized spacial score (nSPS) is 11.2. The molecule has 0 atom stereocenters. The van der Waals surface area contributed by atoms with Crippen LogP contribution < -0.4 is 11.2 Å². The van der Waals surface area contributed by atoms with Crippen LogP contribution >= 0.6 is 0 Å². The molecule has 0 aliphatic rings. The highest BCUT2D eigenvalue weighted by atomic mass is 16.2. The number of H-pyrrole nitrogens is 1. The van der Waals surface area contributed by atoms with E-state index >= 15 is 0 Å². The maximum absolute atomic E-state index is 12.1. The van der Waals surface area contributed by atoms with Crippen molar-refractivity contribution in [1.29, 1.82) is 0 Å². The minimum atomic E-state index is -0.329. The van der Waals surface area contributed by atoms with Gasteiger partial charge in [0.25, 0.3) is 5.56 Å². The average molecular weight is 221 g/mol. The Balaban J connectivity index is 2.91. The number of nitrogens with zero attached hydrogens (tertiary/aromatic N) is 2. The third kappa shape index (κ3) is 1.39. The van der Waals surface area contributed by atoms with E-state index in [0.717, 1.165) is 12.1 Å². The Hall–Kier alpha value is -1.78. The molecule has 0 radical (unpaired) electrons. The second kappa shape index (κ2) is 3.66. The average Bonchev–Trinajstić information content (AvgIpc) is 2.49. The summed E-state index contributed by atoms with van der Waals surface area (Å²) in [6, 6.07) is 1.81. The van der Waals surface area contributed by atoms with Gasteiger partial charge in [-0.25, -0.2) is 4.79 Å². The number of rotatable bonds is 2. The first kappa shape index (κ1) is 10.7. The van der Waals surface area contributed by atoms with Crippen LogP contribution in [0.15, 0.2) is 15.7 Å². The molecule has 5 heteroatoms. The van der Waals surface area contributed by atoms with Gasteiger partial charge in [-0.3, -0.25) is 9.36 Å². The zero-order valence-electron chi connectivity index (χ0n) is 9.70. The predicted octanol–water partition coefficient (Wildman–Crippen LogP) is 0.747. The molecule has 0 bridgehead atoms. The summed E-state index contributed by atoms with van der Waals surface area (Å²) in [4.78, 5) is 26.5. The van der Waals surface area contributed by atoms with Gasteiger partial charge in [-0.05, 0) is 19.4 Å². The second-order valence-corrected chi connectivity index (χ2v) is 3.99. The molecule has 0 unspecified atom stereocenters. The summed E-state index contributed by atoms with van der Waals surface area (Å²) < 4.78 is 3.06. The van der Waals surface area contributed by atoms with Crippen molar-refractivity contribution in [2.75, 3.05) is 0 Å². The van der Waals surface area contributed by atoms with E-state index in [9.17, 15) is 9.59 Å². The van der Waals surface area contributed by atoms with Crippen molar-refractivity contribution in [3.05, 3.63) is 32.6 Å². The molecule has 86 valence electrons. The lowest BCUT2D eigenvalue weighted by Gasteiger charge is -2.03. The van der Waals surface area contributed by atoms with Crippen LogP contribution in [0.3, 0.4) is 0 Å². The topological polar surface area (TPSA) is 59.8 Å². The third-order valence-electron chi connectivity index (χ3n) is 2.85. The number of hydrogen-bond acceptors (Lipinski definition) is 2. The van der Waals surface area contributed by atoms with Gasteiger partial charge in [0, 0.05) is 19.3 Å². The second-order valence-electron chi connectivity index (χ2n) is 3.99. The van der Waals surface area contributed by atoms with Crippen LogP contribution in [0.25, 0.3) is 11.0 Å². The summed E-state index contributed by atoms with van der Waals surface area (Å²) in [6.07, 6.45) is 0.762. The maximum Gasteiger partial charge on any atom is 0.328 e. The molecule has 1 N–H and O–H groups in total. The standard InChI is InChI=1S/C11H15N3O2/c1-4-5-14-10(15)9-8(12-11(14)16)6-7(2)13(9)3/h6H,4-5H2,1-3H3,(H,12,16). The zero-order chi connectivity index (χ0) is 11.9. The van der Waals surface area contributed by atoms with Crippen LogP contribution in [0.5, 0.6) is 0 Å². The molecule has 2 rings (SSSR count). The predicted molar refractivity (Wildman–Crippen MR) is 62.8 cm³/mol. The lowest BCUT2D eigenvalue weighted by atomic mass is 10.4. The molecule has 0 fully saturated rings. The molecule has 0 spiro atoms. The SMILES string of the molecule is CCCn1c(=O)[nH]c2cc(C)n(C)c2c1=O. The van der Waals surface area contributed by atoms with Gasteiger partial charge in [0.2, 0.25) is 0 Å². The Morgan fingerprint density at radius 3 is 2.69 bits per heavy atom. The quantitative estimate of drug-likeness (QED) is 0.813. The van der Waals surface area contributed by atoms with Crippen molar-refractivity contribution < 1.29 is 0 Å². The zero-order valence-corrected chi connectivity index (χ0v) is 9.70. The summed E-state index contributed by atoms with van der Waals surface area (Å²) in [6.45, 7) is 4.29. The third-order valence-corrected chi connectivity index (χ3v) is 2.85. The van der Waals surface area contributed by atoms with Gasteiger partial charge in [0.05, 0.1) is 5.52 Å². The molecule has 2 aromatic rings. The monoisotopic (exact) mass is 221 g/mol. The molecule has 0 saturated heterocycles. The van der Waals surface area contributed by atoms with Crippen molar-refractivity contribution in [2.24, 2.45) is 7.05 Å². The number of nitrogens with one attached hydrogen (secondary N) is 1. The Morgan fingerprint density at radius 1 is 1.38 bits per heavy atom. The van der Waals surface area contributed by atoms with E-state index in [4.69, 9.17) is 0 Å². The van der Waals surface area contributed by atoms with Crippen molar-refractivity contribution in [2.45, 2.75) is 26.8 Å². The largest absolute Gasteiger partial charge is 0.342 e. The van der Waals surface area contributed by atoms with Crippen molar-refractivity contribution in [1.82, 2.24) is 14.1 Å². The Bertz CT molecular complexity index is 646. The van der Waals surface area contributed by atoms with Crippen LogP contribution in [-0.4, -0.2) is 14.1 Å². The fraction of sp³-hybridized carbons (Fsp3) is 0.455. The van der Waals surface area contributed by atoms with Crippen molar-refractivity contribution in [3.63, 3.8) is 0 Å². The van der Waals surface area contributed by atoms with Crippen LogP contribution in [-0.2, 0) is 13.6 Å². The maximum atomic E-state index is 12.1. The first-order valence-electron chi connectivity index (χ1n) is 5.35. The highest BCUT2D eigenvalue weighted by Gasteiger charge is 2.11. The van der Waals surface area contributed by atoms with Gasteiger partial charge in [-0.1, -0.05) is 6.92 Å². The number of aromatic amines is 1. The van der Waals surface area contributed by atoms with E-state index in [1.807, 2.05) is 27.0 Å². The molecule has 0 aliphatic heterocycles. The summed E-state index contributed by atoms with van der Waals surface area (Å²) in [5.74, 6) is 0. The highest BCUT2D eigenvalue weighted by Crippen LogP contribution is 2.10. The molecule has 0 aromatic carbocycles. The number of fused-ring (bicyclic) bond motifs is 1. The number of hydrogen-bond donors (Lipinski definition) is 1. The molecule has 0 amide bonds. The fourth-order valence-corrected chi connectivity index (χ4v) is 1.91. The Labute approximate surface area is 92.3 Å². The van der Waals surface area contributed by atoms with Gasteiger partial charge in [-0.2, -0.15) is 0 Å². The molecular weight excluding hydrogens is 206 g/mol. The van der Waals surface area contributed by atoms with Crippen molar-refractivity contribution >= 4 is 11.0 Å². The van der Waals surface area contributed by atoms with Gasteiger partial charge >= 0.3 is 5.69 Å². The van der Waals surface area contributed by atoms with E-state index < -0.39 is 0 Å². The molecule has 0 aliphatic carbocycles. The summed E-state index contributed by atoms with van der Waals surface area (Å²) in [5, 5.41) is 0. The van der Waals surface area contributed by atoms with E-state index in [1.54, 1.807) is 4.57 Å². The molecule has 2 aromatic heterocycles. The molecule has 2 heterocycles. The van der Waals surface area contributed by atoms with Gasteiger partial charge in [-0.15, -0.1) is 0 Å². The van der Waals surface area contributed by atoms with Crippen LogP contribution in [0.1, 0.15) is 19.0 Å². The first-order chi connectivity index (χ1) is 7.56. The molecular formula is C11H15N3O2.